The zero-order valence-corrected chi connectivity index (χ0v) is 14.1. The molecule has 0 amide bonds. The molecule has 0 aliphatic rings. The lowest BCUT2D eigenvalue weighted by molar-refractivity contribution is 0.310. The van der Waals surface area contributed by atoms with Crippen molar-refractivity contribution in [3.05, 3.63) is 23.8 Å². The van der Waals surface area contributed by atoms with E-state index >= 15 is 0 Å². The highest BCUT2D eigenvalue weighted by Crippen LogP contribution is 2.28. The number of nitrogens with one attached hydrogen (secondary N) is 1. The van der Waals surface area contributed by atoms with E-state index in [1.54, 1.807) is 7.11 Å². The van der Waals surface area contributed by atoms with Crippen molar-refractivity contribution in [3.63, 3.8) is 0 Å². The molecule has 1 aromatic carbocycles. The van der Waals surface area contributed by atoms with Gasteiger partial charge >= 0.3 is 0 Å². The summed E-state index contributed by atoms with van der Waals surface area (Å²) >= 11 is 0. The Labute approximate surface area is 130 Å². The maximum absolute atomic E-state index is 5.63. The molecule has 3 heteroatoms. The maximum Gasteiger partial charge on any atom is 0.161 e. The molecule has 120 valence electrons. The van der Waals surface area contributed by atoms with E-state index < -0.39 is 0 Å². The second-order valence-corrected chi connectivity index (χ2v) is 5.40. The van der Waals surface area contributed by atoms with Crippen LogP contribution < -0.4 is 14.8 Å². The van der Waals surface area contributed by atoms with Gasteiger partial charge in [0.1, 0.15) is 0 Å². The molecule has 1 rings (SSSR count). The van der Waals surface area contributed by atoms with Crippen molar-refractivity contribution in [1.82, 2.24) is 5.32 Å². The number of ether oxygens (including phenoxy) is 2. The van der Waals surface area contributed by atoms with Gasteiger partial charge in [0.15, 0.2) is 11.5 Å². The van der Waals surface area contributed by atoms with Crippen LogP contribution in [0.1, 0.15) is 58.4 Å². The highest BCUT2D eigenvalue weighted by atomic mass is 16.5. The summed E-state index contributed by atoms with van der Waals surface area (Å²) in [6.07, 6.45) is 6.37. The Morgan fingerprint density at radius 1 is 1.10 bits per heavy atom. The lowest BCUT2D eigenvalue weighted by Gasteiger charge is -2.17. The van der Waals surface area contributed by atoms with Crippen molar-refractivity contribution in [2.75, 3.05) is 13.7 Å². The van der Waals surface area contributed by atoms with Crippen molar-refractivity contribution in [2.24, 2.45) is 0 Å². The van der Waals surface area contributed by atoms with Crippen LogP contribution in [0.15, 0.2) is 18.2 Å². The zero-order chi connectivity index (χ0) is 15.5. The van der Waals surface area contributed by atoms with Crippen LogP contribution in [0.4, 0.5) is 0 Å². The summed E-state index contributed by atoms with van der Waals surface area (Å²) in [6.45, 7) is 8.03. The summed E-state index contributed by atoms with van der Waals surface area (Å²) in [5.41, 5.74) is 1.24. The first-order valence-electron chi connectivity index (χ1n) is 8.28. The number of rotatable bonds is 11. The Kier molecular flexibility index (Phi) is 8.91. The van der Waals surface area contributed by atoms with Gasteiger partial charge in [-0.2, -0.15) is 0 Å². The molecule has 3 nitrogen and oxygen atoms in total. The number of benzene rings is 1. The lowest BCUT2D eigenvalue weighted by Crippen LogP contribution is -2.27. The van der Waals surface area contributed by atoms with Crippen LogP contribution >= 0.6 is 0 Å². The molecule has 0 spiro atoms. The summed E-state index contributed by atoms with van der Waals surface area (Å²) in [5, 5.41) is 3.66. The highest BCUT2D eigenvalue weighted by Gasteiger charge is 2.08. The van der Waals surface area contributed by atoms with E-state index in [2.05, 4.69) is 31.3 Å². The zero-order valence-electron chi connectivity index (χ0n) is 14.1. The third-order valence-corrected chi connectivity index (χ3v) is 3.77. The van der Waals surface area contributed by atoms with Gasteiger partial charge in [0.05, 0.1) is 13.7 Å². The van der Waals surface area contributed by atoms with Crippen LogP contribution in [0, 0.1) is 0 Å². The minimum Gasteiger partial charge on any atom is -0.493 e. The Balaban J connectivity index is 2.55. The third kappa shape index (κ3) is 6.38. The van der Waals surface area contributed by atoms with E-state index in [1.165, 1.54) is 37.7 Å². The summed E-state index contributed by atoms with van der Waals surface area (Å²) < 4.78 is 10.9. The summed E-state index contributed by atoms with van der Waals surface area (Å²) in [5.74, 6) is 1.63. The average molecular weight is 293 g/mol. The fraction of sp³-hybridized carbons (Fsp3) is 0.667. The molecule has 0 aromatic heterocycles. The number of hydrogen-bond donors (Lipinski definition) is 1. The van der Waals surface area contributed by atoms with Gasteiger partial charge < -0.3 is 14.8 Å². The predicted octanol–water partition coefficient (Wildman–Crippen LogP) is 4.54. The number of methoxy groups -OCH3 is 1. The molecular weight excluding hydrogens is 262 g/mol. The lowest BCUT2D eigenvalue weighted by atomic mass is 10.1. The molecule has 0 saturated carbocycles. The fourth-order valence-electron chi connectivity index (χ4n) is 2.45. The van der Waals surface area contributed by atoms with Gasteiger partial charge in [-0.15, -0.1) is 0 Å². The van der Waals surface area contributed by atoms with Crippen LogP contribution in [0.3, 0.4) is 0 Å². The summed E-state index contributed by atoms with van der Waals surface area (Å²) in [7, 11) is 1.68. The van der Waals surface area contributed by atoms with Crippen LogP contribution in [0.25, 0.3) is 0 Å². The van der Waals surface area contributed by atoms with Gasteiger partial charge in [0, 0.05) is 12.6 Å². The largest absolute Gasteiger partial charge is 0.493 e. The first-order chi connectivity index (χ1) is 10.2. The van der Waals surface area contributed by atoms with Gasteiger partial charge in [0.2, 0.25) is 0 Å². The fourth-order valence-corrected chi connectivity index (χ4v) is 2.45. The van der Waals surface area contributed by atoms with Gasteiger partial charge in [0.25, 0.3) is 0 Å². The molecule has 1 N–H and O–H groups in total. The molecule has 0 fully saturated rings. The van der Waals surface area contributed by atoms with Gasteiger partial charge in [-0.25, -0.2) is 0 Å². The average Bonchev–Trinajstić information content (AvgIpc) is 2.51. The van der Waals surface area contributed by atoms with E-state index in [9.17, 15) is 0 Å². The number of hydrogen-bond acceptors (Lipinski definition) is 3. The highest BCUT2D eigenvalue weighted by molar-refractivity contribution is 5.42. The van der Waals surface area contributed by atoms with Crippen molar-refractivity contribution < 1.29 is 9.47 Å². The van der Waals surface area contributed by atoms with Crippen LogP contribution in [0.5, 0.6) is 11.5 Å². The SMILES string of the molecule is CCCCCC(CC)NCc1ccc(OC)c(OCC)c1. The summed E-state index contributed by atoms with van der Waals surface area (Å²) in [6, 6.07) is 6.77. The van der Waals surface area contributed by atoms with Crippen molar-refractivity contribution in [2.45, 2.75) is 65.5 Å². The van der Waals surface area contributed by atoms with Crippen molar-refractivity contribution >= 4 is 0 Å². The standard InChI is InChI=1S/C18H31NO2/c1-5-8-9-10-16(6-2)19-14-15-11-12-17(20-4)18(13-15)21-7-3/h11-13,16,19H,5-10,14H2,1-4H3. The second kappa shape index (κ2) is 10.5. The molecule has 1 unspecified atom stereocenters. The minimum atomic E-state index is 0.606. The van der Waals surface area contributed by atoms with Crippen LogP contribution in [-0.4, -0.2) is 19.8 Å². The quantitative estimate of drug-likeness (QED) is 0.607. The van der Waals surface area contributed by atoms with E-state index in [1.807, 2.05) is 13.0 Å². The molecule has 0 aliphatic carbocycles. The molecule has 1 aromatic rings. The van der Waals surface area contributed by atoms with Crippen LogP contribution in [-0.2, 0) is 6.54 Å². The summed E-state index contributed by atoms with van der Waals surface area (Å²) in [4.78, 5) is 0. The molecule has 1 atom stereocenters. The Morgan fingerprint density at radius 2 is 1.90 bits per heavy atom. The van der Waals surface area contributed by atoms with E-state index in [0.29, 0.717) is 12.6 Å². The molecule has 0 saturated heterocycles. The monoisotopic (exact) mass is 293 g/mol. The maximum atomic E-state index is 5.63. The smallest absolute Gasteiger partial charge is 0.161 e. The molecular formula is C18H31NO2. The Bertz CT molecular complexity index is 393. The Hall–Kier alpha value is -1.22. The van der Waals surface area contributed by atoms with E-state index in [-0.39, 0.29) is 0 Å². The minimum absolute atomic E-state index is 0.606. The topological polar surface area (TPSA) is 30.5 Å². The first kappa shape index (κ1) is 17.8. The third-order valence-electron chi connectivity index (χ3n) is 3.77. The van der Waals surface area contributed by atoms with Gasteiger partial charge in [-0.05, 0) is 37.5 Å². The Morgan fingerprint density at radius 3 is 2.52 bits per heavy atom. The second-order valence-electron chi connectivity index (χ2n) is 5.40. The molecule has 21 heavy (non-hydrogen) atoms. The van der Waals surface area contributed by atoms with E-state index in [0.717, 1.165) is 18.0 Å². The van der Waals surface area contributed by atoms with Crippen molar-refractivity contribution in [3.8, 4) is 11.5 Å². The van der Waals surface area contributed by atoms with Gasteiger partial charge in [-0.1, -0.05) is 39.2 Å². The first-order valence-corrected chi connectivity index (χ1v) is 8.28. The van der Waals surface area contributed by atoms with Crippen LogP contribution in [0.2, 0.25) is 0 Å². The van der Waals surface area contributed by atoms with E-state index in [4.69, 9.17) is 9.47 Å². The predicted molar refractivity (Wildman–Crippen MR) is 89.2 cm³/mol. The van der Waals surface area contributed by atoms with Crippen molar-refractivity contribution in [1.29, 1.82) is 0 Å². The molecule has 0 heterocycles. The van der Waals surface area contributed by atoms with Gasteiger partial charge in [-0.3, -0.25) is 0 Å². The molecule has 0 aliphatic heterocycles. The molecule has 0 bridgehead atoms. The number of unbranched alkanes of at least 4 members (excludes halogenated alkanes) is 2. The molecule has 0 radical (unpaired) electrons. The normalized spacial score (nSPS) is 12.2.